The molecule has 0 saturated carbocycles. The smallest absolute Gasteiger partial charge is 0.261 e. The van der Waals surface area contributed by atoms with Gasteiger partial charge < -0.3 is 5.32 Å². The number of anilines is 2. The van der Waals surface area contributed by atoms with E-state index < -0.39 is 0 Å². The van der Waals surface area contributed by atoms with Gasteiger partial charge >= 0.3 is 0 Å². The number of aryl methyl sites for hydroxylation is 1. The van der Waals surface area contributed by atoms with Crippen molar-refractivity contribution >= 4 is 17.3 Å². The lowest BCUT2D eigenvalue weighted by Gasteiger charge is -2.30. The molecule has 0 radical (unpaired) electrons. The molecule has 0 aromatic heterocycles. The van der Waals surface area contributed by atoms with Crippen molar-refractivity contribution < 1.29 is 4.79 Å². The monoisotopic (exact) mass is 238 g/mol. The van der Waals surface area contributed by atoms with Gasteiger partial charge in [-0.3, -0.25) is 9.69 Å². The van der Waals surface area contributed by atoms with Crippen LogP contribution in [0.25, 0.3) is 0 Å². The largest absolute Gasteiger partial charge is 0.367 e. The third kappa shape index (κ3) is 1.64. The van der Waals surface area contributed by atoms with Gasteiger partial charge in [0.15, 0.2) is 0 Å². The summed E-state index contributed by atoms with van der Waals surface area (Å²) in [4.78, 5) is 14.2. The molecule has 0 fully saturated rings. The summed E-state index contributed by atoms with van der Waals surface area (Å²) < 4.78 is 0. The summed E-state index contributed by atoms with van der Waals surface area (Å²) in [5.74, 6) is 0.0543. The zero-order chi connectivity index (χ0) is 12.5. The van der Waals surface area contributed by atoms with E-state index in [1.54, 1.807) is 4.90 Å². The summed E-state index contributed by atoms with van der Waals surface area (Å²) in [6, 6.07) is 15.5. The van der Waals surface area contributed by atoms with Crippen LogP contribution in [0.5, 0.6) is 0 Å². The Balaban J connectivity index is 2.03. The number of amides is 1. The zero-order valence-corrected chi connectivity index (χ0v) is 10.2. The molecule has 0 unspecified atom stereocenters. The highest BCUT2D eigenvalue weighted by atomic mass is 16.2. The SMILES string of the molecule is Cc1ccccc1N1CNc2ccccc2C1=O. The van der Waals surface area contributed by atoms with Crippen molar-refractivity contribution in [2.24, 2.45) is 0 Å². The summed E-state index contributed by atoms with van der Waals surface area (Å²) >= 11 is 0. The molecule has 90 valence electrons. The minimum atomic E-state index is 0.0543. The van der Waals surface area contributed by atoms with Gasteiger partial charge in [-0.15, -0.1) is 0 Å². The highest BCUT2D eigenvalue weighted by Crippen LogP contribution is 2.27. The van der Waals surface area contributed by atoms with E-state index in [9.17, 15) is 4.79 Å². The number of carbonyl (C=O) groups is 1. The Kier molecular flexibility index (Phi) is 2.52. The van der Waals surface area contributed by atoms with Gasteiger partial charge in [-0.2, -0.15) is 0 Å². The Morgan fingerprint density at radius 1 is 1.06 bits per heavy atom. The maximum atomic E-state index is 12.5. The molecule has 18 heavy (non-hydrogen) atoms. The molecule has 3 rings (SSSR count). The molecule has 2 aromatic carbocycles. The maximum Gasteiger partial charge on any atom is 0.261 e. The molecule has 0 spiro atoms. The first kappa shape index (κ1) is 10.8. The third-order valence-corrected chi connectivity index (χ3v) is 3.24. The van der Waals surface area contributed by atoms with Crippen molar-refractivity contribution in [1.29, 1.82) is 0 Å². The van der Waals surface area contributed by atoms with E-state index in [0.29, 0.717) is 6.67 Å². The van der Waals surface area contributed by atoms with Crippen molar-refractivity contribution in [3.8, 4) is 0 Å². The van der Waals surface area contributed by atoms with Crippen LogP contribution in [-0.4, -0.2) is 12.6 Å². The van der Waals surface area contributed by atoms with Gasteiger partial charge in [0.1, 0.15) is 0 Å². The van der Waals surface area contributed by atoms with E-state index in [1.807, 2.05) is 55.5 Å². The van der Waals surface area contributed by atoms with E-state index in [-0.39, 0.29) is 5.91 Å². The second-order valence-electron chi connectivity index (χ2n) is 4.40. The number of hydrogen-bond acceptors (Lipinski definition) is 2. The van der Waals surface area contributed by atoms with E-state index in [4.69, 9.17) is 0 Å². The van der Waals surface area contributed by atoms with Crippen molar-refractivity contribution in [3.63, 3.8) is 0 Å². The summed E-state index contributed by atoms with van der Waals surface area (Å²) in [6.45, 7) is 2.53. The molecule has 0 aliphatic carbocycles. The minimum Gasteiger partial charge on any atom is -0.367 e. The lowest BCUT2D eigenvalue weighted by molar-refractivity contribution is 0.0986. The van der Waals surface area contributed by atoms with Crippen LogP contribution in [0.2, 0.25) is 0 Å². The number of hydrogen-bond donors (Lipinski definition) is 1. The van der Waals surface area contributed by atoms with Gasteiger partial charge in [-0.1, -0.05) is 30.3 Å². The molecule has 0 saturated heterocycles. The van der Waals surface area contributed by atoms with Crippen molar-refractivity contribution in [3.05, 3.63) is 59.7 Å². The Hall–Kier alpha value is -2.29. The van der Waals surface area contributed by atoms with Gasteiger partial charge in [0.2, 0.25) is 0 Å². The molecule has 3 heteroatoms. The van der Waals surface area contributed by atoms with Crippen LogP contribution in [0.15, 0.2) is 48.5 Å². The standard InChI is InChI=1S/C15H14N2O/c1-11-6-2-5-9-14(11)17-10-16-13-8-4-3-7-12(13)15(17)18/h2-9,16H,10H2,1H3. The lowest BCUT2D eigenvalue weighted by atomic mass is 10.1. The van der Waals surface area contributed by atoms with E-state index in [1.165, 1.54) is 0 Å². The summed E-state index contributed by atoms with van der Waals surface area (Å²) in [5, 5.41) is 3.27. The van der Waals surface area contributed by atoms with Crippen LogP contribution in [0, 0.1) is 6.92 Å². The van der Waals surface area contributed by atoms with Crippen LogP contribution in [0.1, 0.15) is 15.9 Å². The van der Waals surface area contributed by atoms with Crippen LogP contribution in [0.3, 0.4) is 0 Å². The quantitative estimate of drug-likeness (QED) is 0.828. The average Bonchev–Trinajstić information content (AvgIpc) is 2.41. The van der Waals surface area contributed by atoms with Gasteiger partial charge in [0, 0.05) is 11.4 Å². The maximum absolute atomic E-state index is 12.5. The summed E-state index contributed by atoms with van der Waals surface area (Å²) in [6.07, 6.45) is 0. The minimum absolute atomic E-state index is 0.0543. The predicted octanol–water partition coefficient (Wildman–Crippen LogP) is 3.02. The fourth-order valence-corrected chi connectivity index (χ4v) is 2.27. The first-order valence-electron chi connectivity index (χ1n) is 5.98. The highest BCUT2D eigenvalue weighted by Gasteiger charge is 2.25. The first-order valence-corrected chi connectivity index (χ1v) is 5.98. The Bertz CT molecular complexity index is 607. The van der Waals surface area contributed by atoms with E-state index >= 15 is 0 Å². The Morgan fingerprint density at radius 2 is 1.78 bits per heavy atom. The number of rotatable bonds is 1. The number of nitrogens with zero attached hydrogens (tertiary/aromatic N) is 1. The van der Waals surface area contributed by atoms with Crippen LogP contribution in [-0.2, 0) is 0 Å². The second-order valence-corrected chi connectivity index (χ2v) is 4.40. The normalized spacial score (nSPS) is 14.1. The van der Waals surface area contributed by atoms with Crippen molar-refractivity contribution in [1.82, 2.24) is 0 Å². The molecule has 1 N–H and O–H groups in total. The average molecular weight is 238 g/mol. The molecule has 1 aliphatic rings. The molecule has 1 aliphatic heterocycles. The Labute approximate surface area is 106 Å². The number of carbonyl (C=O) groups excluding carboxylic acids is 1. The molecule has 3 nitrogen and oxygen atoms in total. The van der Waals surface area contributed by atoms with Gasteiger partial charge in [0.25, 0.3) is 5.91 Å². The van der Waals surface area contributed by atoms with Crippen LogP contribution >= 0.6 is 0 Å². The number of fused-ring (bicyclic) bond motifs is 1. The molecular formula is C15H14N2O. The van der Waals surface area contributed by atoms with Gasteiger partial charge in [0.05, 0.1) is 12.2 Å². The molecular weight excluding hydrogens is 224 g/mol. The molecule has 2 aromatic rings. The predicted molar refractivity (Wildman–Crippen MR) is 72.9 cm³/mol. The third-order valence-electron chi connectivity index (χ3n) is 3.24. The summed E-state index contributed by atoms with van der Waals surface area (Å²) in [7, 11) is 0. The highest BCUT2D eigenvalue weighted by molar-refractivity contribution is 6.11. The van der Waals surface area contributed by atoms with Crippen LogP contribution in [0.4, 0.5) is 11.4 Å². The van der Waals surface area contributed by atoms with Crippen LogP contribution < -0.4 is 10.2 Å². The fourth-order valence-electron chi connectivity index (χ4n) is 2.27. The van der Waals surface area contributed by atoms with Crippen molar-refractivity contribution in [2.45, 2.75) is 6.92 Å². The van der Waals surface area contributed by atoms with Gasteiger partial charge in [-0.05, 0) is 30.7 Å². The lowest BCUT2D eigenvalue weighted by Crippen LogP contribution is -2.40. The van der Waals surface area contributed by atoms with Crippen molar-refractivity contribution in [2.75, 3.05) is 16.9 Å². The molecule has 0 atom stereocenters. The first-order chi connectivity index (χ1) is 8.77. The van der Waals surface area contributed by atoms with E-state index in [2.05, 4.69) is 5.32 Å². The second kappa shape index (κ2) is 4.18. The summed E-state index contributed by atoms with van der Waals surface area (Å²) in [5.41, 5.74) is 3.70. The number of benzene rings is 2. The topological polar surface area (TPSA) is 32.3 Å². The van der Waals surface area contributed by atoms with E-state index in [0.717, 1.165) is 22.5 Å². The zero-order valence-electron chi connectivity index (χ0n) is 10.2. The molecule has 1 amide bonds. The molecule has 0 bridgehead atoms. The number of nitrogens with one attached hydrogen (secondary N) is 1. The molecule has 1 heterocycles. The van der Waals surface area contributed by atoms with Gasteiger partial charge in [-0.25, -0.2) is 0 Å². The number of para-hydroxylation sites is 2. The Morgan fingerprint density at radius 3 is 2.61 bits per heavy atom. The fraction of sp³-hybridized carbons (Fsp3) is 0.133.